The third kappa shape index (κ3) is 11.6. The van der Waals surface area contributed by atoms with Crippen LogP contribution in [0.25, 0.3) is 11.1 Å². The molecule has 0 bridgehead atoms. The van der Waals surface area contributed by atoms with Crippen molar-refractivity contribution >= 4 is 17.1 Å². The van der Waals surface area contributed by atoms with E-state index in [-0.39, 0.29) is 29.7 Å². The Morgan fingerprint density at radius 2 is 1.49 bits per heavy atom. The number of aromatic hydroxyl groups is 1. The highest BCUT2D eigenvalue weighted by Gasteiger charge is 2.40. The van der Waals surface area contributed by atoms with Crippen molar-refractivity contribution in [2.45, 2.75) is 123 Å². The van der Waals surface area contributed by atoms with Gasteiger partial charge in [-0.3, -0.25) is 4.79 Å². The molecule has 3 rings (SSSR count). The fourth-order valence-electron chi connectivity index (χ4n) is 6.54. The summed E-state index contributed by atoms with van der Waals surface area (Å²) in [7, 11) is 0. The maximum Gasteiger partial charge on any atom is 0.311 e. The number of esters is 1. The van der Waals surface area contributed by atoms with Crippen LogP contribution in [0.4, 0.5) is 0 Å². The lowest BCUT2D eigenvalue weighted by Crippen LogP contribution is -2.23. The van der Waals surface area contributed by atoms with Crippen molar-refractivity contribution in [3.05, 3.63) is 77.5 Å². The number of allylic oxidation sites excluding steroid dienone is 3. The van der Waals surface area contributed by atoms with E-state index >= 15 is 0 Å². The first-order valence-electron chi connectivity index (χ1n) is 17.0. The zero-order valence-corrected chi connectivity index (χ0v) is 27.5. The van der Waals surface area contributed by atoms with E-state index in [1.165, 1.54) is 11.1 Å². The van der Waals surface area contributed by atoms with E-state index in [4.69, 9.17) is 4.74 Å². The third-order valence-electron chi connectivity index (χ3n) is 9.07. The van der Waals surface area contributed by atoms with Crippen LogP contribution in [0.5, 0.6) is 11.5 Å². The van der Waals surface area contributed by atoms with E-state index in [1.807, 2.05) is 48.6 Å². The molecule has 1 aliphatic rings. The lowest BCUT2D eigenvalue weighted by molar-refractivity contribution is -0.134. The van der Waals surface area contributed by atoms with Gasteiger partial charge in [0.2, 0.25) is 0 Å². The number of rotatable bonds is 18. The van der Waals surface area contributed by atoms with Gasteiger partial charge >= 0.3 is 5.97 Å². The lowest BCUT2D eigenvalue weighted by atomic mass is 9.86. The second-order valence-electron chi connectivity index (χ2n) is 12.3. The molecule has 4 N–H and O–H groups in total. The van der Waals surface area contributed by atoms with Crippen LogP contribution < -0.4 is 4.74 Å². The summed E-state index contributed by atoms with van der Waals surface area (Å²) < 4.78 is 5.57. The standard InChI is InChI=1S/C39H54O6/c1-4-7-11-14-30(40)23-26-36-35(37(42)27-38(36)43)15-12-9-8-10-13-16-39(44)45-32-24-19-29(20-25-32)34(6-3)33(5-2)28-17-21-31(41)22-18-28/h8,12,17-22,24-25,30,35-38,40-43H,4-7,10-11,13-16,23,26-27H2,1-3H3/t9?,30?,35?,36-,37?,38?/m1/s1. The highest BCUT2D eigenvalue weighted by molar-refractivity contribution is 5.91. The minimum atomic E-state index is -0.540. The number of phenolic OH excluding ortho intramolecular Hbond substituents is 1. The number of aliphatic hydroxyl groups is 3. The van der Waals surface area contributed by atoms with Gasteiger partial charge in [0.05, 0.1) is 18.3 Å². The molecule has 2 aromatic rings. The van der Waals surface area contributed by atoms with Gasteiger partial charge in [-0.25, -0.2) is 0 Å². The monoisotopic (exact) mass is 618 g/mol. The number of benzene rings is 2. The molecule has 0 saturated heterocycles. The van der Waals surface area contributed by atoms with Crippen molar-refractivity contribution in [2.24, 2.45) is 11.8 Å². The van der Waals surface area contributed by atoms with E-state index in [2.05, 4.69) is 26.5 Å². The lowest BCUT2D eigenvalue weighted by Gasteiger charge is -2.23. The summed E-state index contributed by atoms with van der Waals surface area (Å²) in [6, 6.07) is 15.0. The predicted molar refractivity (Wildman–Crippen MR) is 182 cm³/mol. The smallest absolute Gasteiger partial charge is 0.311 e. The van der Waals surface area contributed by atoms with Crippen molar-refractivity contribution in [3.63, 3.8) is 0 Å². The quantitative estimate of drug-likeness (QED) is 0.0440. The molecule has 0 heterocycles. The van der Waals surface area contributed by atoms with E-state index in [1.54, 1.807) is 12.1 Å². The van der Waals surface area contributed by atoms with Gasteiger partial charge in [-0.1, -0.05) is 64.3 Å². The Hall–Kier alpha value is -3.15. The molecule has 4 unspecified atom stereocenters. The second-order valence-corrected chi connectivity index (χ2v) is 12.3. The number of ether oxygens (including phenoxy) is 1. The molecule has 45 heavy (non-hydrogen) atoms. The average molecular weight is 619 g/mol. The van der Waals surface area contributed by atoms with Gasteiger partial charge < -0.3 is 25.2 Å². The number of unbranched alkanes of at least 4 members (excludes halogenated alkanes) is 3. The van der Waals surface area contributed by atoms with Crippen LogP contribution in [0.1, 0.15) is 115 Å². The third-order valence-corrected chi connectivity index (χ3v) is 9.07. The summed E-state index contributed by atoms with van der Waals surface area (Å²) in [4.78, 5) is 12.4. The zero-order chi connectivity index (χ0) is 32.6. The zero-order valence-electron chi connectivity index (χ0n) is 27.5. The van der Waals surface area contributed by atoms with E-state index in [9.17, 15) is 25.2 Å². The van der Waals surface area contributed by atoms with Crippen molar-refractivity contribution in [2.75, 3.05) is 0 Å². The minimum Gasteiger partial charge on any atom is -0.508 e. The summed E-state index contributed by atoms with van der Waals surface area (Å²) in [5.41, 5.74) is 7.82. The SMILES string of the molecule is CCCCCC(O)CC[C@H]1C(O)CC(O)C1CC=C=CCCCC(=O)Oc1ccc(C(CC)=C(CC)c2ccc(O)cc2)cc1. The molecular formula is C39H54O6. The van der Waals surface area contributed by atoms with E-state index in [0.717, 1.165) is 49.7 Å². The van der Waals surface area contributed by atoms with Gasteiger partial charge in [0.25, 0.3) is 0 Å². The number of hydrogen-bond acceptors (Lipinski definition) is 6. The maximum absolute atomic E-state index is 12.4. The Labute approximate surface area is 270 Å². The van der Waals surface area contributed by atoms with Crippen LogP contribution in [0, 0.1) is 11.8 Å². The Balaban J connectivity index is 1.44. The summed E-state index contributed by atoms with van der Waals surface area (Å²) in [6.45, 7) is 6.41. The van der Waals surface area contributed by atoms with Gasteiger partial charge in [0, 0.05) is 6.42 Å². The first-order chi connectivity index (χ1) is 21.8. The maximum atomic E-state index is 12.4. The second kappa shape index (κ2) is 19.4. The molecular weight excluding hydrogens is 564 g/mol. The molecule has 0 aromatic heterocycles. The minimum absolute atomic E-state index is 0.0137. The van der Waals surface area contributed by atoms with Gasteiger partial charge in [-0.15, -0.1) is 5.73 Å². The predicted octanol–water partition coefficient (Wildman–Crippen LogP) is 8.38. The fourth-order valence-corrected chi connectivity index (χ4v) is 6.54. The summed E-state index contributed by atoms with van der Waals surface area (Å²) in [5, 5.41) is 40.9. The Morgan fingerprint density at radius 1 is 0.867 bits per heavy atom. The van der Waals surface area contributed by atoms with Gasteiger partial charge in [0.1, 0.15) is 11.5 Å². The molecule has 0 amide bonds. The molecule has 5 atom stereocenters. The van der Waals surface area contributed by atoms with Gasteiger partial charge in [-0.2, -0.15) is 0 Å². The first kappa shape index (κ1) is 36.3. The average Bonchev–Trinajstić information content (AvgIpc) is 3.30. The summed E-state index contributed by atoms with van der Waals surface area (Å²) >= 11 is 0. The van der Waals surface area contributed by atoms with Crippen molar-refractivity contribution in [1.29, 1.82) is 0 Å². The molecule has 1 aliphatic carbocycles. The van der Waals surface area contributed by atoms with Crippen LogP contribution >= 0.6 is 0 Å². The Kier molecular flexibility index (Phi) is 15.6. The molecule has 6 nitrogen and oxygen atoms in total. The summed E-state index contributed by atoms with van der Waals surface area (Å²) in [6.07, 6.45) is 12.3. The Bertz CT molecular complexity index is 1260. The number of carbonyl (C=O) groups is 1. The molecule has 2 aromatic carbocycles. The van der Waals surface area contributed by atoms with Crippen molar-refractivity contribution in [1.82, 2.24) is 0 Å². The molecule has 0 aliphatic heterocycles. The molecule has 6 heteroatoms. The van der Waals surface area contributed by atoms with Crippen LogP contribution in [-0.4, -0.2) is 44.7 Å². The fraction of sp³-hybridized carbons (Fsp3) is 0.538. The van der Waals surface area contributed by atoms with Crippen molar-refractivity contribution < 1.29 is 30.0 Å². The molecule has 1 fully saturated rings. The van der Waals surface area contributed by atoms with Crippen LogP contribution in [-0.2, 0) is 4.79 Å². The van der Waals surface area contributed by atoms with Gasteiger partial charge in [0.15, 0.2) is 0 Å². The highest BCUT2D eigenvalue weighted by atomic mass is 16.5. The number of hydrogen-bond donors (Lipinski definition) is 4. The van der Waals surface area contributed by atoms with Gasteiger partial charge in [-0.05, 0) is 128 Å². The molecule has 246 valence electrons. The molecule has 0 radical (unpaired) electrons. The van der Waals surface area contributed by atoms with Crippen LogP contribution in [0.2, 0.25) is 0 Å². The van der Waals surface area contributed by atoms with Crippen molar-refractivity contribution in [3.8, 4) is 11.5 Å². The van der Waals surface area contributed by atoms with Crippen LogP contribution in [0.3, 0.4) is 0 Å². The molecule has 1 saturated carbocycles. The Morgan fingerprint density at radius 3 is 2.11 bits per heavy atom. The van der Waals surface area contributed by atoms with E-state index < -0.39 is 12.2 Å². The normalized spacial score (nSPS) is 20.7. The summed E-state index contributed by atoms with van der Waals surface area (Å²) in [5.74, 6) is 0.461. The number of aliphatic hydroxyl groups excluding tert-OH is 3. The molecule has 0 spiro atoms. The topological polar surface area (TPSA) is 107 Å². The van der Waals surface area contributed by atoms with E-state index in [0.29, 0.717) is 50.7 Å². The number of carbonyl (C=O) groups excluding carboxylic acids is 1. The first-order valence-corrected chi connectivity index (χ1v) is 17.0. The van der Waals surface area contributed by atoms with Crippen LogP contribution in [0.15, 0.2) is 66.4 Å². The number of phenols is 1. The highest BCUT2D eigenvalue weighted by Crippen LogP contribution is 2.38. The largest absolute Gasteiger partial charge is 0.508 e.